The van der Waals surface area contributed by atoms with Crippen LogP contribution in [0.4, 0.5) is 23.1 Å². The highest BCUT2D eigenvalue weighted by Gasteiger charge is 2.31. The Balaban J connectivity index is 1.46. The van der Waals surface area contributed by atoms with Crippen molar-refractivity contribution in [1.29, 1.82) is 0 Å². The zero-order valence-corrected chi connectivity index (χ0v) is 17.0. The minimum Gasteiger partial charge on any atom is -0.490 e. The molecular weight excluding hydrogens is 439 g/mol. The molecule has 0 radical (unpaired) electrons. The zero-order chi connectivity index (χ0) is 22.4. The Morgan fingerprint density at radius 3 is 2.65 bits per heavy atom. The fraction of sp³-hybridized carbons (Fsp3) is 0.421. The molecule has 2 amide bonds. The maximum atomic E-state index is 12.4. The van der Waals surface area contributed by atoms with Crippen LogP contribution in [0.3, 0.4) is 0 Å². The lowest BCUT2D eigenvalue weighted by atomic mass is 10.1. The Bertz CT molecular complexity index is 913. The number of aromatic nitrogens is 1. The van der Waals surface area contributed by atoms with Gasteiger partial charge in [-0.25, -0.2) is 9.78 Å². The number of nitrogens with one attached hydrogen (secondary N) is 1. The highest BCUT2D eigenvalue weighted by atomic mass is 32.1. The molecule has 1 aromatic carbocycles. The van der Waals surface area contributed by atoms with E-state index in [2.05, 4.69) is 15.0 Å². The standard InChI is InChI=1S/C19H20F3N3O5S/c20-19(21,22)30-14-3-1-2-13(10-14)29-12-6-8-25(9-7-12)18(28)24-17-23-11-15(31-17)4-5-16(26)27/h1-3,10-12H,4-9H2,(H,26,27)(H,23,24,28). The summed E-state index contributed by atoms with van der Waals surface area (Å²) in [6.07, 6.45) is -2.10. The largest absolute Gasteiger partial charge is 0.573 e. The molecule has 0 unspecified atom stereocenters. The first kappa shape index (κ1) is 22.7. The Morgan fingerprint density at radius 1 is 1.26 bits per heavy atom. The average Bonchev–Trinajstić information content (AvgIpc) is 3.13. The average molecular weight is 459 g/mol. The molecule has 2 N–H and O–H groups in total. The van der Waals surface area contributed by atoms with Gasteiger partial charge >= 0.3 is 18.4 Å². The van der Waals surface area contributed by atoms with Gasteiger partial charge in [-0.05, 0) is 18.6 Å². The van der Waals surface area contributed by atoms with Crippen LogP contribution in [-0.2, 0) is 11.2 Å². The summed E-state index contributed by atoms with van der Waals surface area (Å²) in [5.41, 5.74) is 0. The number of ether oxygens (including phenoxy) is 2. The summed E-state index contributed by atoms with van der Waals surface area (Å²) in [5, 5.41) is 11.8. The van der Waals surface area contributed by atoms with Crippen LogP contribution in [0.5, 0.6) is 11.5 Å². The number of halogens is 3. The van der Waals surface area contributed by atoms with E-state index in [-0.39, 0.29) is 30.1 Å². The number of aryl methyl sites for hydroxylation is 1. The van der Waals surface area contributed by atoms with E-state index in [1.165, 1.54) is 29.5 Å². The van der Waals surface area contributed by atoms with Gasteiger partial charge in [-0.1, -0.05) is 6.07 Å². The van der Waals surface area contributed by atoms with Gasteiger partial charge in [0.15, 0.2) is 5.13 Å². The lowest BCUT2D eigenvalue weighted by molar-refractivity contribution is -0.274. The second-order valence-electron chi connectivity index (χ2n) is 6.78. The number of amides is 2. The van der Waals surface area contributed by atoms with Crippen molar-refractivity contribution in [2.45, 2.75) is 38.1 Å². The molecule has 0 bridgehead atoms. The molecule has 1 aliphatic heterocycles. The number of hydrogen-bond acceptors (Lipinski definition) is 6. The van der Waals surface area contributed by atoms with Crippen molar-refractivity contribution < 1.29 is 37.3 Å². The number of rotatable bonds is 7. The summed E-state index contributed by atoms with van der Waals surface area (Å²) < 4.78 is 46.7. The van der Waals surface area contributed by atoms with E-state index < -0.39 is 12.3 Å². The van der Waals surface area contributed by atoms with Crippen LogP contribution in [-0.4, -0.2) is 52.5 Å². The smallest absolute Gasteiger partial charge is 0.490 e. The lowest BCUT2D eigenvalue weighted by Gasteiger charge is -2.32. The van der Waals surface area contributed by atoms with Gasteiger partial charge in [-0.2, -0.15) is 0 Å². The van der Waals surface area contributed by atoms with Crippen molar-refractivity contribution >= 4 is 28.5 Å². The third kappa shape index (κ3) is 7.31. The first-order chi connectivity index (χ1) is 14.7. The monoisotopic (exact) mass is 459 g/mol. The molecule has 1 aromatic heterocycles. The van der Waals surface area contributed by atoms with Crippen LogP contribution < -0.4 is 14.8 Å². The minimum atomic E-state index is -4.77. The molecule has 1 fully saturated rings. The van der Waals surface area contributed by atoms with Crippen molar-refractivity contribution in [2.75, 3.05) is 18.4 Å². The summed E-state index contributed by atoms with van der Waals surface area (Å²) >= 11 is 1.22. The van der Waals surface area contributed by atoms with Gasteiger partial charge in [-0.3, -0.25) is 10.1 Å². The number of likely N-dealkylation sites (tertiary alicyclic amines) is 1. The van der Waals surface area contributed by atoms with Gasteiger partial charge in [0, 0.05) is 43.1 Å². The van der Waals surface area contributed by atoms with E-state index >= 15 is 0 Å². The second-order valence-corrected chi connectivity index (χ2v) is 7.90. The summed E-state index contributed by atoms with van der Waals surface area (Å²) in [4.78, 5) is 29.5. The number of anilines is 1. The van der Waals surface area contributed by atoms with Crippen LogP contribution in [0.2, 0.25) is 0 Å². The van der Waals surface area contributed by atoms with Crippen molar-refractivity contribution in [1.82, 2.24) is 9.88 Å². The molecule has 0 spiro atoms. The molecule has 0 saturated carbocycles. The molecule has 12 heteroatoms. The molecule has 168 valence electrons. The number of thiazole rings is 1. The minimum absolute atomic E-state index is 0.00562. The number of carbonyl (C=O) groups is 2. The van der Waals surface area contributed by atoms with Gasteiger partial charge in [0.1, 0.15) is 17.6 Å². The first-order valence-corrected chi connectivity index (χ1v) is 10.2. The maximum absolute atomic E-state index is 12.4. The van der Waals surface area contributed by atoms with Gasteiger partial charge in [0.2, 0.25) is 0 Å². The summed E-state index contributed by atoms with van der Waals surface area (Å²) in [6.45, 7) is 0.818. The molecule has 3 rings (SSSR count). The van der Waals surface area contributed by atoms with Crippen molar-refractivity contribution in [2.24, 2.45) is 0 Å². The number of benzene rings is 1. The molecule has 31 heavy (non-hydrogen) atoms. The van der Waals surface area contributed by atoms with Crippen LogP contribution in [0.1, 0.15) is 24.1 Å². The SMILES string of the molecule is O=C(O)CCc1cnc(NC(=O)N2CCC(Oc3cccc(OC(F)(F)F)c3)CC2)s1. The topological polar surface area (TPSA) is 101 Å². The molecule has 0 atom stereocenters. The fourth-order valence-corrected chi connectivity index (χ4v) is 3.80. The summed E-state index contributed by atoms with van der Waals surface area (Å²) in [7, 11) is 0. The number of carbonyl (C=O) groups excluding carboxylic acids is 1. The van der Waals surface area contributed by atoms with Gasteiger partial charge < -0.3 is 19.5 Å². The van der Waals surface area contributed by atoms with Crippen molar-refractivity contribution in [3.63, 3.8) is 0 Å². The third-order valence-electron chi connectivity index (χ3n) is 4.42. The molecule has 2 heterocycles. The Labute approximate surface area is 179 Å². The number of hydrogen-bond donors (Lipinski definition) is 2. The number of carboxylic acids is 1. The summed E-state index contributed by atoms with van der Waals surface area (Å²) in [6, 6.07) is 5.01. The van der Waals surface area contributed by atoms with Crippen LogP contribution in [0, 0.1) is 0 Å². The predicted octanol–water partition coefficient (Wildman–Crippen LogP) is 4.13. The predicted molar refractivity (Wildman–Crippen MR) is 105 cm³/mol. The van der Waals surface area contributed by atoms with E-state index in [4.69, 9.17) is 9.84 Å². The van der Waals surface area contributed by atoms with Crippen LogP contribution in [0.15, 0.2) is 30.5 Å². The van der Waals surface area contributed by atoms with Crippen molar-refractivity contribution in [3.05, 3.63) is 35.3 Å². The fourth-order valence-electron chi connectivity index (χ4n) is 3.00. The van der Waals surface area contributed by atoms with Crippen LogP contribution in [0.25, 0.3) is 0 Å². The number of nitrogens with zero attached hydrogens (tertiary/aromatic N) is 2. The molecule has 1 saturated heterocycles. The highest BCUT2D eigenvalue weighted by molar-refractivity contribution is 7.15. The lowest BCUT2D eigenvalue weighted by Crippen LogP contribution is -2.43. The van der Waals surface area contributed by atoms with Gasteiger partial charge in [0.25, 0.3) is 0 Å². The molecule has 2 aromatic rings. The van der Waals surface area contributed by atoms with E-state index in [1.54, 1.807) is 17.2 Å². The molecular formula is C19H20F3N3O5S. The Hall–Kier alpha value is -3.02. The van der Waals surface area contributed by atoms with Crippen LogP contribution >= 0.6 is 11.3 Å². The first-order valence-electron chi connectivity index (χ1n) is 9.43. The normalized spacial score (nSPS) is 14.9. The van der Waals surface area contributed by atoms with E-state index in [1.807, 2.05) is 0 Å². The molecule has 1 aliphatic rings. The van der Waals surface area contributed by atoms with E-state index in [9.17, 15) is 22.8 Å². The van der Waals surface area contributed by atoms with Gasteiger partial charge in [0.05, 0.1) is 6.42 Å². The number of piperidine rings is 1. The number of urea groups is 1. The molecule has 8 nitrogen and oxygen atoms in total. The van der Waals surface area contributed by atoms with E-state index in [0.717, 1.165) is 4.88 Å². The second kappa shape index (κ2) is 9.86. The van der Waals surface area contributed by atoms with Crippen molar-refractivity contribution in [3.8, 4) is 11.5 Å². The Morgan fingerprint density at radius 2 is 1.97 bits per heavy atom. The Kier molecular flexibility index (Phi) is 7.21. The summed E-state index contributed by atoms with van der Waals surface area (Å²) in [5.74, 6) is -0.988. The quantitative estimate of drug-likeness (QED) is 0.646. The molecule has 0 aliphatic carbocycles. The number of aliphatic carboxylic acids is 1. The maximum Gasteiger partial charge on any atom is 0.573 e. The number of carboxylic acid groups (broad SMARTS) is 1. The van der Waals surface area contributed by atoms with Gasteiger partial charge in [-0.15, -0.1) is 24.5 Å². The highest BCUT2D eigenvalue weighted by Crippen LogP contribution is 2.28. The third-order valence-corrected chi connectivity index (χ3v) is 5.40. The van der Waals surface area contributed by atoms with E-state index in [0.29, 0.717) is 37.5 Å². The number of alkyl halides is 3. The zero-order valence-electron chi connectivity index (χ0n) is 16.2.